The summed E-state index contributed by atoms with van der Waals surface area (Å²) in [7, 11) is 0. The fraction of sp³-hybridized carbons (Fsp3) is 0.400. The number of hydrogen-bond acceptors (Lipinski definition) is 4. The molecule has 4 nitrogen and oxygen atoms in total. The van der Waals surface area contributed by atoms with E-state index in [4.69, 9.17) is 0 Å². The van der Waals surface area contributed by atoms with E-state index >= 15 is 0 Å². The van der Waals surface area contributed by atoms with Crippen LogP contribution in [0.2, 0.25) is 0 Å². The van der Waals surface area contributed by atoms with Crippen LogP contribution in [0, 0.1) is 13.8 Å². The summed E-state index contributed by atoms with van der Waals surface area (Å²) in [6.07, 6.45) is 3.78. The molecular formula is C15H20N4. The molecule has 0 radical (unpaired) electrons. The molecule has 2 heterocycles. The van der Waals surface area contributed by atoms with Crippen molar-refractivity contribution in [1.82, 2.24) is 15.0 Å². The molecule has 0 aliphatic heterocycles. The third-order valence-corrected chi connectivity index (χ3v) is 3.01. The molecule has 0 aliphatic carbocycles. The summed E-state index contributed by atoms with van der Waals surface area (Å²) >= 11 is 0. The van der Waals surface area contributed by atoms with Gasteiger partial charge in [0.25, 0.3) is 0 Å². The first kappa shape index (κ1) is 13.5. The van der Waals surface area contributed by atoms with Crippen molar-refractivity contribution in [1.29, 1.82) is 0 Å². The molecule has 2 aromatic rings. The number of nitrogens with one attached hydrogen (secondary N) is 1. The predicted molar refractivity (Wildman–Crippen MR) is 77.8 cm³/mol. The average molecular weight is 256 g/mol. The van der Waals surface area contributed by atoms with Crippen molar-refractivity contribution in [2.24, 2.45) is 0 Å². The lowest BCUT2D eigenvalue weighted by atomic mass is 10.1. The van der Waals surface area contributed by atoms with E-state index in [0.29, 0.717) is 5.95 Å². The molecule has 0 saturated heterocycles. The van der Waals surface area contributed by atoms with Crippen LogP contribution in [-0.2, 0) is 12.8 Å². The Kier molecular flexibility index (Phi) is 4.10. The fourth-order valence-electron chi connectivity index (χ4n) is 2.12. The molecule has 0 fully saturated rings. The van der Waals surface area contributed by atoms with Crippen LogP contribution in [0.5, 0.6) is 0 Å². The summed E-state index contributed by atoms with van der Waals surface area (Å²) in [6.45, 7) is 8.27. The summed E-state index contributed by atoms with van der Waals surface area (Å²) in [4.78, 5) is 13.3. The highest BCUT2D eigenvalue weighted by Gasteiger charge is 2.05. The van der Waals surface area contributed by atoms with Gasteiger partial charge in [-0.3, -0.25) is 0 Å². The van der Waals surface area contributed by atoms with Gasteiger partial charge >= 0.3 is 0 Å². The second kappa shape index (κ2) is 5.78. The molecule has 0 aromatic carbocycles. The molecular weight excluding hydrogens is 236 g/mol. The normalized spacial score (nSPS) is 10.5. The summed E-state index contributed by atoms with van der Waals surface area (Å²) < 4.78 is 0. The van der Waals surface area contributed by atoms with Gasteiger partial charge in [-0.2, -0.15) is 0 Å². The Morgan fingerprint density at radius 1 is 1.05 bits per heavy atom. The van der Waals surface area contributed by atoms with E-state index < -0.39 is 0 Å². The van der Waals surface area contributed by atoms with Crippen molar-refractivity contribution < 1.29 is 0 Å². The Morgan fingerprint density at radius 2 is 1.84 bits per heavy atom. The average Bonchev–Trinajstić information content (AvgIpc) is 2.37. The van der Waals surface area contributed by atoms with Crippen LogP contribution in [0.25, 0.3) is 0 Å². The van der Waals surface area contributed by atoms with Crippen LogP contribution in [0.1, 0.15) is 36.4 Å². The smallest absolute Gasteiger partial charge is 0.228 e. The van der Waals surface area contributed by atoms with E-state index in [-0.39, 0.29) is 0 Å². The maximum atomic E-state index is 4.55. The molecule has 0 aliphatic rings. The Morgan fingerprint density at radius 3 is 2.47 bits per heavy atom. The third-order valence-electron chi connectivity index (χ3n) is 3.01. The summed E-state index contributed by atoms with van der Waals surface area (Å²) in [6, 6.07) is 4.04. The van der Waals surface area contributed by atoms with Crippen molar-refractivity contribution in [3.63, 3.8) is 0 Å². The van der Waals surface area contributed by atoms with Crippen LogP contribution in [0.3, 0.4) is 0 Å². The minimum atomic E-state index is 0.617. The molecule has 100 valence electrons. The number of pyridine rings is 1. The maximum absolute atomic E-state index is 4.55. The van der Waals surface area contributed by atoms with Crippen LogP contribution < -0.4 is 5.32 Å². The zero-order valence-electron chi connectivity index (χ0n) is 12.0. The minimum absolute atomic E-state index is 0.617. The van der Waals surface area contributed by atoms with Crippen molar-refractivity contribution >= 4 is 11.8 Å². The highest BCUT2D eigenvalue weighted by atomic mass is 15.1. The van der Waals surface area contributed by atoms with Gasteiger partial charge in [0, 0.05) is 17.6 Å². The van der Waals surface area contributed by atoms with Crippen LogP contribution in [0.4, 0.5) is 11.8 Å². The van der Waals surface area contributed by atoms with E-state index in [9.17, 15) is 0 Å². The van der Waals surface area contributed by atoms with Crippen LogP contribution >= 0.6 is 0 Å². The Balaban J connectivity index is 2.28. The highest BCUT2D eigenvalue weighted by molar-refractivity contribution is 5.49. The van der Waals surface area contributed by atoms with E-state index in [1.807, 2.05) is 25.3 Å². The van der Waals surface area contributed by atoms with Gasteiger partial charge in [0.05, 0.1) is 0 Å². The first-order valence-corrected chi connectivity index (χ1v) is 6.69. The van der Waals surface area contributed by atoms with Gasteiger partial charge < -0.3 is 5.32 Å². The Labute approximate surface area is 114 Å². The molecule has 0 unspecified atom stereocenters. The number of anilines is 2. The maximum Gasteiger partial charge on any atom is 0.228 e. The van der Waals surface area contributed by atoms with E-state index in [1.165, 1.54) is 11.1 Å². The first-order valence-electron chi connectivity index (χ1n) is 6.69. The van der Waals surface area contributed by atoms with Gasteiger partial charge in [-0.1, -0.05) is 13.8 Å². The zero-order chi connectivity index (χ0) is 13.8. The SMILES string of the molecule is CCc1cnc(Nc2cc(C)cc(C)n2)nc1CC. The third kappa shape index (κ3) is 3.28. The second-order valence-electron chi connectivity index (χ2n) is 4.67. The Bertz CT molecular complexity index is 558. The molecule has 2 aromatic heterocycles. The van der Waals surface area contributed by atoms with Crippen LogP contribution in [0.15, 0.2) is 18.3 Å². The highest BCUT2D eigenvalue weighted by Crippen LogP contribution is 2.15. The van der Waals surface area contributed by atoms with E-state index in [2.05, 4.69) is 41.0 Å². The van der Waals surface area contributed by atoms with Crippen LogP contribution in [-0.4, -0.2) is 15.0 Å². The molecule has 0 saturated carbocycles. The topological polar surface area (TPSA) is 50.7 Å². The summed E-state index contributed by atoms with van der Waals surface area (Å²) in [5, 5.41) is 3.18. The fourth-order valence-corrected chi connectivity index (χ4v) is 2.12. The number of aryl methyl sites for hydroxylation is 4. The quantitative estimate of drug-likeness (QED) is 0.911. The number of aromatic nitrogens is 3. The van der Waals surface area contributed by atoms with Gasteiger partial charge in [-0.05, 0) is 49.9 Å². The Hall–Kier alpha value is -1.97. The van der Waals surface area contributed by atoms with Crippen molar-refractivity contribution in [3.05, 3.63) is 40.8 Å². The molecule has 4 heteroatoms. The van der Waals surface area contributed by atoms with Crippen molar-refractivity contribution in [3.8, 4) is 0 Å². The number of hydrogen-bond donors (Lipinski definition) is 1. The standard InChI is InChI=1S/C15H20N4/c1-5-12-9-16-15(18-13(12)6-2)19-14-8-10(3)7-11(4)17-14/h7-9H,5-6H2,1-4H3,(H,16,17,18,19). The summed E-state index contributed by atoms with van der Waals surface area (Å²) in [5.74, 6) is 1.41. The largest absolute Gasteiger partial charge is 0.309 e. The molecule has 2 rings (SSSR count). The number of rotatable bonds is 4. The molecule has 0 atom stereocenters. The monoisotopic (exact) mass is 256 g/mol. The molecule has 1 N–H and O–H groups in total. The van der Waals surface area contributed by atoms with Gasteiger partial charge in [-0.25, -0.2) is 15.0 Å². The van der Waals surface area contributed by atoms with Gasteiger partial charge in [0.1, 0.15) is 5.82 Å². The van der Waals surface area contributed by atoms with Crippen molar-refractivity contribution in [2.75, 3.05) is 5.32 Å². The second-order valence-corrected chi connectivity index (χ2v) is 4.67. The van der Waals surface area contributed by atoms with E-state index in [1.54, 1.807) is 0 Å². The minimum Gasteiger partial charge on any atom is -0.309 e. The van der Waals surface area contributed by atoms with Gasteiger partial charge in [0.15, 0.2) is 0 Å². The molecule has 0 spiro atoms. The van der Waals surface area contributed by atoms with Gasteiger partial charge in [-0.15, -0.1) is 0 Å². The molecule has 0 amide bonds. The summed E-state index contributed by atoms with van der Waals surface area (Å²) in [5.41, 5.74) is 4.48. The lowest BCUT2D eigenvalue weighted by Gasteiger charge is -2.09. The van der Waals surface area contributed by atoms with E-state index in [0.717, 1.165) is 30.0 Å². The zero-order valence-corrected chi connectivity index (χ0v) is 12.0. The molecule has 0 bridgehead atoms. The number of nitrogens with zero attached hydrogens (tertiary/aromatic N) is 3. The van der Waals surface area contributed by atoms with Gasteiger partial charge in [0.2, 0.25) is 5.95 Å². The molecule has 19 heavy (non-hydrogen) atoms. The first-order chi connectivity index (χ1) is 9.12. The predicted octanol–water partition coefficient (Wildman–Crippen LogP) is 3.36. The van der Waals surface area contributed by atoms with Crippen molar-refractivity contribution in [2.45, 2.75) is 40.5 Å². The lowest BCUT2D eigenvalue weighted by Crippen LogP contribution is -2.04. The lowest BCUT2D eigenvalue weighted by molar-refractivity contribution is 0.933.